The van der Waals surface area contributed by atoms with Crippen LogP contribution in [0, 0.1) is 0 Å². The van der Waals surface area contributed by atoms with Gasteiger partial charge in [0.25, 0.3) is 0 Å². The van der Waals surface area contributed by atoms with E-state index in [1.165, 1.54) is 23.5 Å². The van der Waals surface area contributed by atoms with Gasteiger partial charge in [-0.15, -0.1) is 0 Å². The summed E-state index contributed by atoms with van der Waals surface area (Å²) in [6, 6.07) is 7.47. The maximum absolute atomic E-state index is 6.03. The smallest absolute Gasteiger partial charge is 0.190 e. The molecule has 0 aliphatic rings. The van der Waals surface area contributed by atoms with Gasteiger partial charge in [0.15, 0.2) is 5.16 Å². The zero-order chi connectivity index (χ0) is 14.5. The van der Waals surface area contributed by atoms with Crippen LogP contribution in [0.5, 0.6) is 0 Å². The molecule has 0 saturated carbocycles. The molecule has 106 valence electrons. The fourth-order valence-corrected chi connectivity index (χ4v) is 3.14. The molecule has 0 atom stereocenters. The lowest BCUT2D eigenvalue weighted by molar-refractivity contribution is 0.891. The van der Waals surface area contributed by atoms with Gasteiger partial charge in [0.05, 0.1) is 10.0 Å². The van der Waals surface area contributed by atoms with Crippen LogP contribution in [-0.2, 0) is 0 Å². The van der Waals surface area contributed by atoms with Crippen LogP contribution < -0.4 is 5.32 Å². The van der Waals surface area contributed by atoms with E-state index in [-0.39, 0.29) is 0 Å². The highest BCUT2D eigenvalue weighted by atomic mass is 35.5. The van der Waals surface area contributed by atoms with E-state index in [0.29, 0.717) is 10.0 Å². The average Bonchev–Trinajstić information content (AvgIpc) is 2.43. The van der Waals surface area contributed by atoms with Gasteiger partial charge in [-0.05, 0) is 31.4 Å². The topological polar surface area (TPSA) is 37.8 Å². The maximum atomic E-state index is 6.03. The molecule has 1 N–H and O–H groups in total. The van der Waals surface area contributed by atoms with Crippen molar-refractivity contribution < 1.29 is 0 Å². The minimum Gasteiger partial charge on any atom is -0.370 e. The molecule has 0 aliphatic carbocycles. The van der Waals surface area contributed by atoms with Crippen LogP contribution in [0.1, 0.15) is 6.92 Å². The van der Waals surface area contributed by atoms with Gasteiger partial charge in [0.2, 0.25) is 0 Å². The van der Waals surface area contributed by atoms with E-state index in [4.69, 9.17) is 23.2 Å². The number of rotatable bonds is 5. The number of nitrogens with zero attached hydrogens (tertiary/aromatic N) is 2. The van der Waals surface area contributed by atoms with Gasteiger partial charge in [-0.3, -0.25) is 0 Å². The van der Waals surface area contributed by atoms with Gasteiger partial charge in [-0.1, -0.05) is 46.7 Å². The van der Waals surface area contributed by atoms with Gasteiger partial charge >= 0.3 is 0 Å². The van der Waals surface area contributed by atoms with Crippen LogP contribution in [0.15, 0.2) is 39.3 Å². The van der Waals surface area contributed by atoms with Crippen LogP contribution in [0.4, 0.5) is 5.82 Å². The predicted octanol–water partition coefficient (Wildman–Crippen LogP) is 5.09. The average molecular weight is 346 g/mol. The molecule has 0 bridgehead atoms. The van der Waals surface area contributed by atoms with Crippen LogP contribution in [0.25, 0.3) is 0 Å². The first kappa shape index (κ1) is 15.8. The Balaban J connectivity index is 2.27. The van der Waals surface area contributed by atoms with Gasteiger partial charge in [-0.25, -0.2) is 9.97 Å². The molecule has 0 aliphatic heterocycles. The highest BCUT2D eigenvalue weighted by Gasteiger charge is 2.07. The van der Waals surface area contributed by atoms with Gasteiger partial charge in [0, 0.05) is 17.5 Å². The standard InChI is InChI=1S/C13H13Cl2N3S2/c1-3-16-11-7-12(18-13(17-11)19-2)20-8-4-5-9(14)10(15)6-8/h4-7H,3H2,1-2H3,(H,16,17,18). The van der Waals surface area contributed by atoms with Crippen LogP contribution in [-0.4, -0.2) is 22.8 Å². The van der Waals surface area contributed by atoms with E-state index in [2.05, 4.69) is 15.3 Å². The summed E-state index contributed by atoms with van der Waals surface area (Å²) < 4.78 is 0. The second-order valence-electron chi connectivity index (χ2n) is 3.79. The Hall–Kier alpha value is -0.620. The normalized spacial score (nSPS) is 10.6. The SMILES string of the molecule is CCNc1cc(Sc2ccc(Cl)c(Cl)c2)nc(SC)n1. The molecule has 3 nitrogen and oxygen atoms in total. The maximum Gasteiger partial charge on any atom is 0.190 e. The Morgan fingerprint density at radius 2 is 1.95 bits per heavy atom. The van der Waals surface area contributed by atoms with Crippen molar-refractivity contribution in [1.82, 2.24) is 9.97 Å². The summed E-state index contributed by atoms with van der Waals surface area (Å²) in [7, 11) is 0. The molecule has 2 rings (SSSR count). The highest BCUT2D eigenvalue weighted by molar-refractivity contribution is 7.99. The van der Waals surface area contributed by atoms with E-state index in [1.54, 1.807) is 6.07 Å². The number of aromatic nitrogens is 2. The molecular formula is C13H13Cl2N3S2. The van der Waals surface area contributed by atoms with Crippen LogP contribution >= 0.6 is 46.7 Å². The van der Waals surface area contributed by atoms with Crippen molar-refractivity contribution >= 4 is 52.5 Å². The number of benzene rings is 1. The summed E-state index contributed by atoms with van der Waals surface area (Å²) in [5.74, 6) is 0.828. The number of nitrogens with one attached hydrogen (secondary N) is 1. The largest absolute Gasteiger partial charge is 0.370 e. The predicted molar refractivity (Wildman–Crippen MR) is 88.6 cm³/mol. The summed E-state index contributed by atoms with van der Waals surface area (Å²) in [6.07, 6.45) is 1.96. The third kappa shape index (κ3) is 4.19. The molecule has 0 radical (unpaired) electrons. The zero-order valence-corrected chi connectivity index (χ0v) is 14.1. The Morgan fingerprint density at radius 3 is 2.60 bits per heavy atom. The molecule has 1 aromatic carbocycles. The minimum absolute atomic E-state index is 0.544. The Bertz CT molecular complexity index is 608. The Kier molecular flexibility index (Phi) is 5.84. The first-order chi connectivity index (χ1) is 9.62. The van der Waals surface area contributed by atoms with Crippen LogP contribution in [0.2, 0.25) is 10.0 Å². The molecule has 0 unspecified atom stereocenters. The fourth-order valence-electron chi connectivity index (χ4n) is 1.48. The fraction of sp³-hybridized carbons (Fsp3) is 0.231. The van der Waals surface area contributed by atoms with Gasteiger partial charge in [0.1, 0.15) is 10.8 Å². The van der Waals surface area contributed by atoms with E-state index >= 15 is 0 Å². The van der Waals surface area contributed by atoms with Crippen LogP contribution in [0.3, 0.4) is 0 Å². The third-order valence-corrected chi connectivity index (χ3v) is 4.53. The Labute approximate surface area is 136 Å². The van der Waals surface area contributed by atoms with Gasteiger partial charge in [-0.2, -0.15) is 0 Å². The summed E-state index contributed by atoms with van der Waals surface area (Å²) >= 11 is 15.0. The Morgan fingerprint density at radius 1 is 1.15 bits per heavy atom. The second kappa shape index (κ2) is 7.41. The lowest BCUT2D eigenvalue weighted by atomic mass is 10.4. The van der Waals surface area contributed by atoms with E-state index in [9.17, 15) is 0 Å². The van der Waals surface area contributed by atoms with Crippen molar-refractivity contribution in [3.05, 3.63) is 34.3 Å². The first-order valence-corrected chi connectivity index (χ1v) is 8.72. The molecule has 1 heterocycles. The van der Waals surface area contributed by atoms with E-state index in [1.807, 2.05) is 31.4 Å². The molecule has 0 amide bonds. The zero-order valence-electron chi connectivity index (χ0n) is 11.0. The molecule has 1 aromatic heterocycles. The number of thioether (sulfide) groups is 1. The van der Waals surface area contributed by atoms with Crippen molar-refractivity contribution in [1.29, 1.82) is 0 Å². The summed E-state index contributed by atoms with van der Waals surface area (Å²) in [4.78, 5) is 9.87. The van der Waals surface area contributed by atoms with E-state index in [0.717, 1.165) is 27.4 Å². The number of hydrogen-bond acceptors (Lipinski definition) is 5. The second-order valence-corrected chi connectivity index (χ2v) is 6.47. The number of halogens is 2. The lowest BCUT2D eigenvalue weighted by Crippen LogP contribution is -2.01. The molecule has 0 saturated heterocycles. The monoisotopic (exact) mass is 345 g/mol. The summed E-state index contributed by atoms with van der Waals surface area (Å²) in [6.45, 7) is 2.86. The third-order valence-electron chi connectivity index (χ3n) is 2.34. The quantitative estimate of drug-likeness (QED) is 0.464. The van der Waals surface area contributed by atoms with Gasteiger partial charge < -0.3 is 5.32 Å². The number of hydrogen-bond donors (Lipinski definition) is 1. The molecule has 7 heteroatoms. The summed E-state index contributed by atoms with van der Waals surface area (Å²) in [5, 5.41) is 5.92. The summed E-state index contributed by atoms with van der Waals surface area (Å²) in [5.41, 5.74) is 0. The van der Waals surface area contributed by atoms with Crippen molar-refractivity contribution in [2.24, 2.45) is 0 Å². The molecule has 0 spiro atoms. The molecule has 2 aromatic rings. The molecule has 0 fully saturated rings. The lowest BCUT2D eigenvalue weighted by Gasteiger charge is -2.08. The molecular weight excluding hydrogens is 333 g/mol. The van der Waals surface area contributed by atoms with Crippen molar-refractivity contribution in [3.63, 3.8) is 0 Å². The highest BCUT2D eigenvalue weighted by Crippen LogP contribution is 2.33. The van der Waals surface area contributed by atoms with Crippen molar-refractivity contribution in [2.75, 3.05) is 18.1 Å². The number of anilines is 1. The van der Waals surface area contributed by atoms with Crippen molar-refractivity contribution in [2.45, 2.75) is 22.0 Å². The van der Waals surface area contributed by atoms with E-state index < -0.39 is 0 Å². The van der Waals surface area contributed by atoms with Crippen molar-refractivity contribution in [3.8, 4) is 0 Å². The minimum atomic E-state index is 0.544. The first-order valence-electron chi connectivity index (χ1n) is 5.92. The molecule has 20 heavy (non-hydrogen) atoms.